The monoisotopic (exact) mass is 586 g/mol. The van der Waals surface area contributed by atoms with Crippen LogP contribution in [0.25, 0.3) is 0 Å². The van der Waals surface area contributed by atoms with E-state index in [1.807, 2.05) is 47.2 Å². The number of carbonyl (C=O) groups is 1. The van der Waals surface area contributed by atoms with Crippen LogP contribution in [0.5, 0.6) is 5.75 Å². The molecule has 1 heterocycles. The number of likely N-dealkylation sites (tertiary alicyclic amines) is 1. The highest BCUT2D eigenvalue weighted by Crippen LogP contribution is 2.45. The molecule has 212 valence electrons. The van der Waals surface area contributed by atoms with Crippen molar-refractivity contribution in [3.63, 3.8) is 0 Å². The molecule has 5 rings (SSSR count). The SMILES string of the molecule is CS(=O)(=O)NC(=O)c1cc(C2CC2)c(OCC2CN(C(c3ccccc3)c3ccc(S(C)(=O)=O)cc3)C2)cc1F. The second-order valence-corrected chi connectivity index (χ2v) is 14.4. The fourth-order valence-electron chi connectivity index (χ4n) is 5.09. The molecule has 1 amide bonds. The molecule has 8 nitrogen and oxygen atoms in total. The fraction of sp³-hybridized carbons (Fsp3) is 0.345. The summed E-state index contributed by atoms with van der Waals surface area (Å²) in [6.07, 6.45) is 3.82. The van der Waals surface area contributed by atoms with Crippen LogP contribution in [-0.4, -0.2) is 59.9 Å². The van der Waals surface area contributed by atoms with Crippen LogP contribution in [0.3, 0.4) is 0 Å². The summed E-state index contributed by atoms with van der Waals surface area (Å²) in [6, 6.07) is 19.5. The van der Waals surface area contributed by atoms with Crippen molar-refractivity contribution in [2.45, 2.75) is 29.7 Å². The lowest BCUT2D eigenvalue weighted by molar-refractivity contribution is 0.0375. The molecule has 2 fully saturated rings. The molecule has 2 aliphatic rings. The van der Waals surface area contributed by atoms with Crippen molar-refractivity contribution < 1.29 is 30.8 Å². The van der Waals surface area contributed by atoms with Gasteiger partial charge in [-0.1, -0.05) is 42.5 Å². The average molecular weight is 587 g/mol. The Morgan fingerprint density at radius 2 is 1.60 bits per heavy atom. The van der Waals surface area contributed by atoms with Gasteiger partial charge >= 0.3 is 0 Å². The van der Waals surface area contributed by atoms with E-state index in [1.54, 1.807) is 12.1 Å². The van der Waals surface area contributed by atoms with Crippen LogP contribution in [0, 0.1) is 11.7 Å². The summed E-state index contributed by atoms with van der Waals surface area (Å²) in [5.41, 5.74) is 2.47. The lowest BCUT2D eigenvalue weighted by Gasteiger charge is -2.44. The third-order valence-electron chi connectivity index (χ3n) is 7.20. The molecule has 1 saturated carbocycles. The van der Waals surface area contributed by atoms with Gasteiger partial charge < -0.3 is 4.74 Å². The number of nitrogens with one attached hydrogen (secondary N) is 1. The predicted octanol–water partition coefficient (Wildman–Crippen LogP) is 3.90. The number of nitrogens with zero attached hydrogens (tertiary/aromatic N) is 1. The Kier molecular flexibility index (Phi) is 7.73. The van der Waals surface area contributed by atoms with E-state index in [1.165, 1.54) is 18.4 Å². The van der Waals surface area contributed by atoms with E-state index in [9.17, 15) is 26.0 Å². The van der Waals surface area contributed by atoms with Gasteiger partial charge in [-0.25, -0.2) is 25.9 Å². The summed E-state index contributed by atoms with van der Waals surface area (Å²) in [4.78, 5) is 14.9. The molecule has 1 aliphatic carbocycles. The third-order valence-corrected chi connectivity index (χ3v) is 8.89. The van der Waals surface area contributed by atoms with Crippen molar-refractivity contribution in [1.82, 2.24) is 9.62 Å². The number of halogens is 1. The number of hydrogen-bond donors (Lipinski definition) is 1. The first-order valence-electron chi connectivity index (χ1n) is 13.0. The molecule has 0 spiro atoms. The van der Waals surface area contributed by atoms with Gasteiger partial charge in [-0.3, -0.25) is 9.69 Å². The molecule has 3 aromatic carbocycles. The Labute approximate surface area is 234 Å². The Morgan fingerprint density at radius 1 is 0.975 bits per heavy atom. The average Bonchev–Trinajstić information content (AvgIpc) is 3.70. The molecule has 1 N–H and O–H groups in total. The van der Waals surface area contributed by atoms with Crippen LogP contribution in [0.1, 0.15) is 51.8 Å². The van der Waals surface area contributed by atoms with Crippen molar-refractivity contribution in [3.05, 3.63) is 94.8 Å². The number of benzene rings is 3. The van der Waals surface area contributed by atoms with Crippen molar-refractivity contribution >= 4 is 25.8 Å². The van der Waals surface area contributed by atoms with Gasteiger partial charge in [0.25, 0.3) is 5.91 Å². The van der Waals surface area contributed by atoms with Crippen molar-refractivity contribution in [2.75, 3.05) is 32.2 Å². The number of carbonyl (C=O) groups excluding carboxylic acids is 1. The van der Waals surface area contributed by atoms with Crippen molar-refractivity contribution in [1.29, 1.82) is 0 Å². The maximum absolute atomic E-state index is 14.8. The molecular formula is C29H31FN2O6S2. The van der Waals surface area contributed by atoms with E-state index in [4.69, 9.17) is 4.74 Å². The molecule has 1 saturated heterocycles. The van der Waals surface area contributed by atoms with Gasteiger partial charge in [-0.2, -0.15) is 0 Å². The van der Waals surface area contributed by atoms with E-state index in [0.29, 0.717) is 17.9 Å². The molecule has 1 atom stereocenters. The number of ether oxygens (including phenoxy) is 1. The third kappa shape index (κ3) is 6.54. The van der Waals surface area contributed by atoms with Crippen LogP contribution in [0.2, 0.25) is 0 Å². The minimum Gasteiger partial charge on any atom is -0.493 e. The quantitative estimate of drug-likeness (QED) is 0.384. The lowest BCUT2D eigenvalue weighted by atomic mass is 9.90. The van der Waals surface area contributed by atoms with E-state index in [0.717, 1.165) is 43.3 Å². The van der Waals surface area contributed by atoms with Crippen LogP contribution in [0.4, 0.5) is 4.39 Å². The van der Waals surface area contributed by atoms with Gasteiger partial charge in [0.2, 0.25) is 10.0 Å². The van der Waals surface area contributed by atoms with Gasteiger partial charge in [-0.15, -0.1) is 0 Å². The summed E-state index contributed by atoms with van der Waals surface area (Å²) in [5.74, 6) is -1.12. The van der Waals surface area contributed by atoms with Crippen LogP contribution in [-0.2, 0) is 19.9 Å². The van der Waals surface area contributed by atoms with E-state index in [2.05, 4.69) is 4.90 Å². The Balaban J connectivity index is 1.29. The molecule has 0 aromatic heterocycles. The second-order valence-electron chi connectivity index (χ2n) is 10.6. The van der Waals surface area contributed by atoms with Gasteiger partial charge in [-0.05, 0) is 53.6 Å². The molecule has 0 radical (unpaired) electrons. The number of rotatable bonds is 10. The van der Waals surface area contributed by atoms with Gasteiger partial charge in [0, 0.05) is 31.3 Å². The minimum atomic E-state index is -3.82. The Morgan fingerprint density at radius 3 is 2.17 bits per heavy atom. The molecular weight excluding hydrogens is 555 g/mol. The van der Waals surface area contributed by atoms with E-state index in [-0.39, 0.29) is 28.3 Å². The summed E-state index contributed by atoms with van der Waals surface area (Å²) >= 11 is 0. The van der Waals surface area contributed by atoms with Crippen LogP contribution in [0.15, 0.2) is 71.6 Å². The summed E-state index contributed by atoms with van der Waals surface area (Å²) in [7, 11) is -7.12. The summed E-state index contributed by atoms with van der Waals surface area (Å²) < 4.78 is 69.4. The first kappa shape index (κ1) is 28.3. The highest BCUT2D eigenvalue weighted by Gasteiger charge is 2.35. The van der Waals surface area contributed by atoms with E-state index < -0.39 is 31.6 Å². The topological polar surface area (TPSA) is 110 Å². The zero-order chi connectivity index (χ0) is 28.7. The summed E-state index contributed by atoms with van der Waals surface area (Å²) in [6.45, 7) is 1.81. The molecule has 3 aromatic rings. The zero-order valence-corrected chi connectivity index (χ0v) is 23.8. The smallest absolute Gasteiger partial charge is 0.267 e. The van der Waals surface area contributed by atoms with Gasteiger partial charge in [0.15, 0.2) is 9.84 Å². The van der Waals surface area contributed by atoms with Crippen LogP contribution < -0.4 is 9.46 Å². The Bertz CT molecular complexity index is 1620. The first-order valence-corrected chi connectivity index (χ1v) is 16.7. The Hall–Kier alpha value is -3.28. The second kappa shape index (κ2) is 10.9. The number of sulfone groups is 1. The summed E-state index contributed by atoms with van der Waals surface area (Å²) in [5, 5.41) is 0. The highest BCUT2D eigenvalue weighted by atomic mass is 32.2. The van der Waals surface area contributed by atoms with Crippen molar-refractivity contribution in [3.8, 4) is 5.75 Å². The van der Waals surface area contributed by atoms with Gasteiger partial charge in [0.1, 0.15) is 11.6 Å². The van der Waals surface area contributed by atoms with Crippen molar-refractivity contribution in [2.24, 2.45) is 5.92 Å². The van der Waals surface area contributed by atoms with Gasteiger partial charge in [0.05, 0.1) is 29.4 Å². The predicted molar refractivity (Wildman–Crippen MR) is 149 cm³/mol. The molecule has 40 heavy (non-hydrogen) atoms. The largest absolute Gasteiger partial charge is 0.493 e. The van der Waals surface area contributed by atoms with Crippen LogP contribution >= 0.6 is 0 Å². The maximum atomic E-state index is 14.8. The molecule has 0 bridgehead atoms. The maximum Gasteiger partial charge on any atom is 0.267 e. The first-order chi connectivity index (χ1) is 18.9. The zero-order valence-electron chi connectivity index (χ0n) is 22.2. The number of hydrogen-bond acceptors (Lipinski definition) is 7. The molecule has 11 heteroatoms. The fourth-order valence-corrected chi connectivity index (χ4v) is 6.17. The van der Waals surface area contributed by atoms with E-state index >= 15 is 0 Å². The standard InChI is InChI=1S/C29H31FN2O6S2/c1-39(34,35)23-12-10-22(11-13-23)28(21-6-4-3-5-7-21)32-16-19(17-32)18-38-27-15-26(30)25(14-24(27)20-8-9-20)29(33)31-40(2,36)37/h3-7,10-15,19-20,28H,8-9,16-18H2,1-2H3,(H,31,33). The molecule has 1 unspecified atom stereocenters. The lowest BCUT2D eigenvalue weighted by Crippen LogP contribution is -2.51. The normalized spacial score (nSPS) is 17.2. The minimum absolute atomic E-state index is 0.0573. The molecule has 1 aliphatic heterocycles. The number of sulfonamides is 1. The number of amides is 1. The highest BCUT2D eigenvalue weighted by molar-refractivity contribution is 7.90.